The van der Waals surface area contributed by atoms with Crippen LogP contribution in [0.3, 0.4) is 0 Å². The molecule has 30 heavy (non-hydrogen) atoms. The van der Waals surface area contributed by atoms with E-state index in [1.165, 1.54) is 12.8 Å². The molecule has 2 aliphatic heterocycles. The molecule has 0 aliphatic carbocycles. The standard InChI is InChI=1S/C18H27N3O2.C2HF3O2/c1-23-15-17(22)21-12-7-18(8-13-21)5-10-20(11-6-18)14-16-4-2-3-9-19-16;3-2(4,5)1(6)7/h2-4,9H,5-8,10-15H2,1H3;(H,6,7). The Kier molecular flexibility index (Phi) is 8.60. The van der Waals surface area contributed by atoms with Crippen molar-refractivity contribution in [2.75, 3.05) is 39.9 Å². The van der Waals surface area contributed by atoms with E-state index in [0.717, 1.165) is 51.3 Å². The fourth-order valence-corrected chi connectivity index (χ4v) is 3.85. The van der Waals surface area contributed by atoms with Gasteiger partial charge in [0.25, 0.3) is 0 Å². The summed E-state index contributed by atoms with van der Waals surface area (Å²) in [5.74, 6) is -2.62. The average molecular weight is 431 g/mol. The minimum atomic E-state index is -5.08. The SMILES string of the molecule is COCC(=O)N1CCC2(CCN(Cc3ccccn3)CC2)CC1.O=C(O)C(F)(F)F. The number of carboxylic acids is 1. The Balaban J connectivity index is 0.000000396. The number of ether oxygens (including phenoxy) is 1. The van der Waals surface area contributed by atoms with Crippen molar-refractivity contribution >= 4 is 11.9 Å². The number of halogens is 3. The van der Waals surface area contributed by atoms with Gasteiger partial charge in [0.15, 0.2) is 0 Å². The lowest BCUT2D eigenvalue weighted by Crippen LogP contribution is -2.48. The average Bonchev–Trinajstić information content (AvgIpc) is 2.71. The third-order valence-corrected chi connectivity index (χ3v) is 5.72. The van der Waals surface area contributed by atoms with Gasteiger partial charge in [-0.15, -0.1) is 0 Å². The van der Waals surface area contributed by atoms with Crippen LogP contribution in [0.2, 0.25) is 0 Å². The third-order valence-electron chi connectivity index (χ3n) is 5.72. The minimum Gasteiger partial charge on any atom is -0.475 e. The summed E-state index contributed by atoms with van der Waals surface area (Å²) in [4.78, 5) is 29.7. The summed E-state index contributed by atoms with van der Waals surface area (Å²) in [6.45, 7) is 5.23. The van der Waals surface area contributed by atoms with Crippen LogP contribution in [0.4, 0.5) is 13.2 Å². The van der Waals surface area contributed by atoms with E-state index < -0.39 is 12.1 Å². The summed E-state index contributed by atoms with van der Waals surface area (Å²) in [5, 5.41) is 7.12. The molecule has 2 aliphatic rings. The highest BCUT2D eigenvalue weighted by molar-refractivity contribution is 5.77. The zero-order valence-corrected chi connectivity index (χ0v) is 17.0. The molecule has 1 aromatic heterocycles. The Morgan fingerprint density at radius 1 is 1.13 bits per heavy atom. The lowest BCUT2D eigenvalue weighted by atomic mass is 9.71. The first-order valence-corrected chi connectivity index (χ1v) is 9.84. The van der Waals surface area contributed by atoms with Crippen LogP contribution >= 0.6 is 0 Å². The van der Waals surface area contributed by atoms with Crippen LogP contribution in [0, 0.1) is 5.41 Å². The Morgan fingerprint density at radius 3 is 2.17 bits per heavy atom. The monoisotopic (exact) mass is 431 g/mol. The van der Waals surface area contributed by atoms with Gasteiger partial charge in [0.2, 0.25) is 5.91 Å². The molecule has 1 amide bonds. The Morgan fingerprint density at radius 2 is 1.70 bits per heavy atom. The smallest absolute Gasteiger partial charge is 0.475 e. The molecule has 1 aromatic rings. The van der Waals surface area contributed by atoms with Crippen molar-refractivity contribution in [3.8, 4) is 0 Å². The van der Waals surface area contributed by atoms with Crippen molar-refractivity contribution in [2.45, 2.75) is 38.4 Å². The predicted molar refractivity (Wildman–Crippen MR) is 103 cm³/mol. The summed E-state index contributed by atoms with van der Waals surface area (Å²) in [6, 6.07) is 6.12. The number of carbonyl (C=O) groups excluding carboxylic acids is 1. The van der Waals surface area contributed by atoms with Crippen LogP contribution in [-0.4, -0.2) is 77.8 Å². The molecule has 10 heteroatoms. The van der Waals surface area contributed by atoms with Crippen molar-refractivity contribution in [3.05, 3.63) is 30.1 Å². The fourth-order valence-electron chi connectivity index (χ4n) is 3.85. The van der Waals surface area contributed by atoms with Gasteiger partial charge >= 0.3 is 12.1 Å². The maximum Gasteiger partial charge on any atom is 0.490 e. The summed E-state index contributed by atoms with van der Waals surface area (Å²) in [5.41, 5.74) is 1.60. The highest BCUT2D eigenvalue weighted by Gasteiger charge is 2.39. The Hall–Kier alpha value is -2.20. The number of aliphatic carboxylic acids is 1. The number of alkyl halides is 3. The summed E-state index contributed by atoms with van der Waals surface area (Å²) in [7, 11) is 1.58. The van der Waals surface area contributed by atoms with Crippen molar-refractivity contribution < 1.29 is 32.6 Å². The molecule has 168 valence electrons. The molecular weight excluding hydrogens is 403 g/mol. The maximum atomic E-state index is 11.9. The number of carbonyl (C=O) groups is 2. The largest absolute Gasteiger partial charge is 0.490 e. The lowest BCUT2D eigenvalue weighted by Gasteiger charge is -2.46. The number of methoxy groups -OCH3 is 1. The molecule has 1 spiro atoms. The van der Waals surface area contributed by atoms with Gasteiger partial charge in [0.05, 0.1) is 5.69 Å². The molecule has 7 nitrogen and oxygen atoms in total. The maximum absolute atomic E-state index is 11.9. The Labute approximate surface area is 173 Å². The van der Waals surface area contributed by atoms with Crippen molar-refractivity contribution in [3.63, 3.8) is 0 Å². The second kappa shape index (κ2) is 10.7. The van der Waals surface area contributed by atoms with Crippen LogP contribution in [0.15, 0.2) is 24.4 Å². The number of piperidine rings is 2. The van der Waals surface area contributed by atoms with E-state index in [4.69, 9.17) is 14.6 Å². The minimum absolute atomic E-state index is 0.134. The van der Waals surface area contributed by atoms with Gasteiger partial charge in [-0.05, 0) is 56.3 Å². The molecule has 0 aromatic carbocycles. The number of nitrogens with zero attached hydrogens (tertiary/aromatic N) is 3. The van der Waals surface area contributed by atoms with Gasteiger partial charge in [0, 0.05) is 32.9 Å². The topological polar surface area (TPSA) is 83.0 Å². The molecule has 0 bridgehead atoms. The normalized spacial score (nSPS) is 19.1. The zero-order valence-electron chi connectivity index (χ0n) is 17.0. The highest BCUT2D eigenvalue weighted by atomic mass is 19.4. The Bertz CT molecular complexity index is 682. The van der Waals surface area contributed by atoms with Crippen molar-refractivity contribution in [1.29, 1.82) is 0 Å². The first kappa shape index (κ1) is 24.1. The van der Waals surface area contributed by atoms with Crippen LogP contribution in [0.5, 0.6) is 0 Å². The van der Waals surface area contributed by atoms with Crippen LogP contribution in [-0.2, 0) is 20.9 Å². The number of hydrogen-bond donors (Lipinski definition) is 1. The number of likely N-dealkylation sites (tertiary alicyclic amines) is 2. The van der Waals surface area contributed by atoms with E-state index in [1.807, 2.05) is 17.2 Å². The van der Waals surface area contributed by atoms with E-state index in [1.54, 1.807) is 7.11 Å². The van der Waals surface area contributed by atoms with Crippen LogP contribution < -0.4 is 0 Å². The number of hydrogen-bond acceptors (Lipinski definition) is 5. The molecular formula is C20H28F3N3O4. The second-order valence-electron chi connectivity index (χ2n) is 7.71. The first-order valence-electron chi connectivity index (χ1n) is 9.84. The molecule has 2 fully saturated rings. The number of rotatable bonds is 4. The third kappa shape index (κ3) is 7.24. The second-order valence-corrected chi connectivity index (χ2v) is 7.71. The number of carboxylic acid groups (broad SMARTS) is 1. The number of aromatic nitrogens is 1. The predicted octanol–water partition coefficient (Wildman–Crippen LogP) is 2.57. The van der Waals surface area contributed by atoms with Gasteiger partial charge in [-0.3, -0.25) is 14.7 Å². The first-order chi connectivity index (χ1) is 14.1. The van der Waals surface area contributed by atoms with Gasteiger partial charge in [-0.1, -0.05) is 6.07 Å². The molecule has 3 rings (SSSR count). The molecule has 0 saturated carbocycles. The fraction of sp³-hybridized carbons (Fsp3) is 0.650. The van der Waals surface area contributed by atoms with E-state index in [-0.39, 0.29) is 12.5 Å². The van der Waals surface area contributed by atoms with Crippen LogP contribution in [0.25, 0.3) is 0 Å². The van der Waals surface area contributed by atoms with E-state index in [0.29, 0.717) is 5.41 Å². The summed E-state index contributed by atoms with van der Waals surface area (Å²) in [6.07, 6.45) is 1.55. The van der Waals surface area contributed by atoms with Gasteiger partial charge in [0.1, 0.15) is 6.61 Å². The number of pyridine rings is 1. The molecule has 2 saturated heterocycles. The molecule has 1 N–H and O–H groups in total. The zero-order chi connectivity index (χ0) is 22.2. The summed E-state index contributed by atoms with van der Waals surface area (Å²) < 4.78 is 36.7. The van der Waals surface area contributed by atoms with E-state index in [2.05, 4.69) is 22.0 Å². The van der Waals surface area contributed by atoms with Crippen molar-refractivity contribution in [2.24, 2.45) is 5.41 Å². The molecule has 0 radical (unpaired) electrons. The van der Waals surface area contributed by atoms with Gasteiger partial charge in [-0.25, -0.2) is 4.79 Å². The van der Waals surface area contributed by atoms with Crippen molar-refractivity contribution in [1.82, 2.24) is 14.8 Å². The quantitative estimate of drug-likeness (QED) is 0.789. The van der Waals surface area contributed by atoms with E-state index >= 15 is 0 Å². The lowest BCUT2D eigenvalue weighted by molar-refractivity contribution is -0.192. The molecule has 0 atom stereocenters. The molecule has 0 unspecified atom stereocenters. The van der Waals surface area contributed by atoms with Crippen LogP contribution in [0.1, 0.15) is 31.4 Å². The van der Waals surface area contributed by atoms with E-state index in [9.17, 15) is 18.0 Å². The molecule has 3 heterocycles. The van der Waals surface area contributed by atoms with Gasteiger partial charge in [-0.2, -0.15) is 13.2 Å². The summed E-state index contributed by atoms with van der Waals surface area (Å²) >= 11 is 0. The highest BCUT2D eigenvalue weighted by Crippen LogP contribution is 2.41. The van der Waals surface area contributed by atoms with Gasteiger partial charge < -0.3 is 14.7 Å². The number of amides is 1.